The summed E-state index contributed by atoms with van der Waals surface area (Å²) >= 11 is 0. The van der Waals surface area contributed by atoms with Gasteiger partial charge in [-0.25, -0.2) is 4.79 Å². The van der Waals surface area contributed by atoms with Crippen molar-refractivity contribution in [2.24, 2.45) is 5.73 Å². The minimum atomic E-state index is -1.49. The molecule has 8 N–H and O–H groups in total. The van der Waals surface area contributed by atoms with E-state index in [9.17, 15) is 24.3 Å². The van der Waals surface area contributed by atoms with Gasteiger partial charge in [0.2, 0.25) is 17.7 Å². The summed E-state index contributed by atoms with van der Waals surface area (Å²) < 4.78 is 0. The highest BCUT2D eigenvalue weighted by Gasteiger charge is 2.26. The van der Waals surface area contributed by atoms with Crippen LogP contribution >= 0.6 is 0 Å². The Balaban J connectivity index is 4.47. The Labute approximate surface area is 125 Å². The molecule has 0 spiro atoms. The Bertz CT molecular complexity index is 427. The fourth-order valence-corrected chi connectivity index (χ4v) is 1.35. The summed E-state index contributed by atoms with van der Waals surface area (Å²) in [5.41, 5.74) is 5.07. The number of carbonyl (C=O) groups excluding carboxylic acids is 3. The largest absolute Gasteiger partial charge is 0.480 e. The molecule has 3 amide bonds. The molecule has 0 bridgehead atoms. The molecule has 0 aromatic carbocycles. The molecule has 0 saturated carbocycles. The van der Waals surface area contributed by atoms with E-state index in [0.29, 0.717) is 0 Å². The van der Waals surface area contributed by atoms with Gasteiger partial charge in [-0.1, -0.05) is 0 Å². The number of hydrogen-bond donors (Lipinski definition) is 7. The number of aliphatic hydroxyl groups is 2. The first-order valence-electron chi connectivity index (χ1n) is 6.31. The number of amides is 3. The third-order valence-electron chi connectivity index (χ3n) is 2.51. The van der Waals surface area contributed by atoms with Crippen LogP contribution in [0.5, 0.6) is 0 Å². The maximum atomic E-state index is 11.8. The molecule has 0 saturated heterocycles. The minimum Gasteiger partial charge on any atom is -0.480 e. The Morgan fingerprint density at radius 2 is 1.73 bits per heavy atom. The fraction of sp³-hybridized carbons (Fsp3) is 0.636. The lowest BCUT2D eigenvalue weighted by molar-refractivity contribution is -0.142. The lowest BCUT2D eigenvalue weighted by Gasteiger charge is -2.20. The van der Waals surface area contributed by atoms with Crippen LogP contribution in [-0.2, 0) is 19.2 Å². The molecule has 3 unspecified atom stereocenters. The number of aliphatic hydroxyl groups excluding tert-OH is 2. The molecule has 0 fully saturated rings. The van der Waals surface area contributed by atoms with E-state index in [1.54, 1.807) is 0 Å². The molecule has 3 atom stereocenters. The first-order chi connectivity index (χ1) is 10.2. The van der Waals surface area contributed by atoms with Gasteiger partial charge >= 0.3 is 5.97 Å². The van der Waals surface area contributed by atoms with E-state index >= 15 is 0 Å². The number of carboxylic acid groups (broad SMARTS) is 1. The molecular weight excluding hydrogens is 300 g/mol. The molecule has 126 valence electrons. The van der Waals surface area contributed by atoms with Crippen molar-refractivity contribution in [3.05, 3.63) is 0 Å². The molecule has 22 heavy (non-hydrogen) atoms. The normalized spacial score (nSPS) is 14.4. The zero-order chi connectivity index (χ0) is 17.3. The highest BCUT2D eigenvalue weighted by molar-refractivity contribution is 5.92. The number of rotatable bonds is 9. The summed E-state index contributed by atoms with van der Waals surface area (Å²) in [7, 11) is 0. The molecule has 11 nitrogen and oxygen atoms in total. The minimum absolute atomic E-state index is 0.381. The standard InChI is InChI=1S/C11H20N4O7/c1-5(17)9(15-7(18)2-12)10(20)13-3-8(19)14-6(4-16)11(21)22/h5-6,9,16-17H,2-4,12H2,1H3,(H,13,20)(H,14,19)(H,15,18)(H,21,22). The maximum absolute atomic E-state index is 11.8. The van der Waals surface area contributed by atoms with Crippen molar-refractivity contribution in [3.8, 4) is 0 Å². The van der Waals surface area contributed by atoms with Crippen LogP contribution in [0.3, 0.4) is 0 Å². The van der Waals surface area contributed by atoms with Gasteiger partial charge in [0.1, 0.15) is 12.1 Å². The summed E-state index contributed by atoms with van der Waals surface area (Å²) in [6.45, 7) is -0.524. The molecule has 0 aliphatic heterocycles. The van der Waals surface area contributed by atoms with E-state index in [0.717, 1.165) is 0 Å². The molecule has 0 aromatic rings. The average molecular weight is 320 g/mol. The number of nitrogens with one attached hydrogen (secondary N) is 3. The topological polar surface area (TPSA) is 191 Å². The van der Waals surface area contributed by atoms with Crippen LogP contribution in [0.1, 0.15) is 6.92 Å². The van der Waals surface area contributed by atoms with Crippen molar-refractivity contribution >= 4 is 23.7 Å². The summed E-state index contributed by atoms with van der Waals surface area (Å²) in [6.07, 6.45) is -1.23. The van der Waals surface area contributed by atoms with Gasteiger partial charge in [-0.3, -0.25) is 14.4 Å². The Hall–Kier alpha value is -2.24. The Morgan fingerprint density at radius 1 is 1.14 bits per heavy atom. The van der Waals surface area contributed by atoms with Crippen molar-refractivity contribution in [1.82, 2.24) is 16.0 Å². The monoisotopic (exact) mass is 320 g/mol. The number of carbonyl (C=O) groups is 4. The van der Waals surface area contributed by atoms with E-state index in [-0.39, 0.29) is 6.54 Å². The van der Waals surface area contributed by atoms with Crippen molar-refractivity contribution in [3.63, 3.8) is 0 Å². The quantitative estimate of drug-likeness (QED) is 0.221. The van der Waals surface area contributed by atoms with Gasteiger partial charge in [-0.15, -0.1) is 0 Å². The van der Waals surface area contributed by atoms with Crippen LogP contribution < -0.4 is 21.7 Å². The first kappa shape index (κ1) is 19.8. The van der Waals surface area contributed by atoms with Crippen LogP contribution in [0.15, 0.2) is 0 Å². The number of hydrogen-bond acceptors (Lipinski definition) is 7. The van der Waals surface area contributed by atoms with Crippen LogP contribution in [-0.4, -0.2) is 76.9 Å². The van der Waals surface area contributed by atoms with Gasteiger partial charge in [-0.05, 0) is 6.92 Å². The maximum Gasteiger partial charge on any atom is 0.328 e. The van der Waals surface area contributed by atoms with Crippen LogP contribution in [0.4, 0.5) is 0 Å². The number of carboxylic acids is 1. The van der Waals surface area contributed by atoms with Gasteiger partial charge in [-0.2, -0.15) is 0 Å². The predicted octanol–water partition coefficient (Wildman–Crippen LogP) is -4.51. The molecule has 0 aliphatic rings. The van der Waals surface area contributed by atoms with E-state index in [1.807, 2.05) is 5.32 Å². The summed E-state index contributed by atoms with van der Waals surface area (Å²) in [5, 5.41) is 33.0. The summed E-state index contributed by atoms with van der Waals surface area (Å²) in [5.74, 6) is -3.80. The van der Waals surface area contributed by atoms with Crippen LogP contribution in [0.25, 0.3) is 0 Å². The van der Waals surface area contributed by atoms with Crippen molar-refractivity contribution in [2.75, 3.05) is 19.7 Å². The van der Waals surface area contributed by atoms with Crippen LogP contribution in [0.2, 0.25) is 0 Å². The van der Waals surface area contributed by atoms with Gasteiger partial charge in [0.05, 0.1) is 25.8 Å². The second-order valence-electron chi connectivity index (χ2n) is 4.35. The Kier molecular flexibility index (Phi) is 8.67. The third-order valence-corrected chi connectivity index (χ3v) is 2.51. The predicted molar refractivity (Wildman–Crippen MR) is 72.3 cm³/mol. The summed E-state index contributed by atoms with van der Waals surface area (Å²) in [4.78, 5) is 44.9. The zero-order valence-corrected chi connectivity index (χ0v) is 11.9. The lowest BCUT2D eigenvalue weighted by atomic mass is 10.1. The van der Waals surface area contributed by atoms with Gasteiger partial charge in [0, 0.05) is 0 Å². The first-order valence-corrected chi connectivity index (χ1v) is 6.31. The van der Waals surface area contributed by atoms with Crippen molar-refractivity contribution in [2.45, 2.75) is 25.1 Å². The molecule has 0 aliphatic carbocycles. The van der Waals surface area contributed by atoms with Crippen LogP contribution in [0, 0.1) is 0 Å². The highest BCUT2D eigenvalue weighted by Crippen LogP contribution is 1.93. The second-order valence-corrected chi connectivity index (χ2v) is 4.35. The van der Waals surface area contributed by atoms with E-state index in [2.05, 4.69) is 10.6 Å². The zero-order valence-electron chi connectivity index (χ0n) is 11.9. The highest BCUT2D eigenvalue weighted by atomic mass is 16.4. The van der Waals surface area contributed by atoms with E-state index < -0.39 is 55.0 Å². The van der Waals surface area contributed by atoms with Gasteiger partial charge < -0.3 is 37.0 Å². The van der Waals surface area contributed by atoms with E-state index in [1.165, 1.54) is 6.92 Å². The fourth-order valence-electron chi connectivity index (χ4n) is 1.35. The number of nitrogens with two attached hydrogens (primary N) is 1. The van der Waals surface area contributed by atoms with Crippen molar-refractivity contribution in [1.29, 1.82) is 0 Å². The summed E-state index contributed by atoms with van der Waals surface area (Å²) in [6, 6.07) is -2.80. The number of aliphatic carboxylic acids is 1. The molecule has 0 aromatic heterocycles. The Morgan fingerprint density at radius 3 is 2.14 bits per heavy atom. The third kappa shape index (κ3) is 6.97. The molecular formula is C11H20N4O7. The molecule has 0 radical (unpaired) electrons. The second kappa shape index (κ2) is 9.65. The molecule has 11 heteroatoms. The smallest absolute Gasteiger partial charge is 0.328 e. The SMILES string of the molecule is CC(O)C(NC(=O)CN)C(=O)NCC(=O)NC(CO)C(=O)O. The van der Waals surface area contributed by atoms with Gasteiger partial charge in [0.25, 0.3) is 0 Å². The lowest BCUT2D eigenvalue weighted by Crippen LogP contribution is -2.55. The molecule has 0 heterocycles. The molecule has 0 rings (SSSR count). The average Bonchev–Trinajstić information content (AvgIpc) is 2.46. The van der Waals surface area contributed by atoms with E-state index in [4.69, 9.17) is 15.9 Å². The van der Waals surface area contributed by atoms with Gasteiger partial charge in [0.15, 0.2) is 0 Å². The van der Waals surface area contributed by atoms with Crippen molar-refractivity contribution < 1.29 is 34.5 Å².